The summed E-state index contributed by atoms with van der Waals surface area (Å²) in [5.41, 5.74) is 0.442. The van der Waals surface area contributed by atoms with Crippen molar-refractivity contribution < 1.29 is 29.9 Å². The fourth-order valence-electron chi connectivity index (χ4n) is 0.642. The molecule has 0 radical (unpaired) electrons. The Labute approximate surface area is 99.8 Å². The highest BCUT2D eigenvalue weighted by atomic mass is 17.1. The van der Waals surface area contributed by atoms with Crippen LogP contribution in [0.5, 0.6) is 0 Å². The molecule has 6 heteroatoms. The molecule has 0 aliphatic carbocycles. The Morgan fingerprint density at radius 3 is 2.06 bits per heavy atom. The highest BCUT2D eigenvalue weighted by Crippen LogP contribution is 1.96. The summed E-state index contributed by atoms with van der Waals surface area (Å²) in [6.07, 6.45) is 1.10. The zero-order valence-electron chi connectivity index (χ0n) is 10.1. The van der Waals surface area contributed by atoms with Gasteiger partial charge in [0.1, 0.15) is 0 Å². The topological polar surface area (TPSA) is 104 Å². The standard InChI is InChI=1S/C6H10O3.C5H8O3/c1-4(6(8)9)3-5(2)7;1-3-4(2)5(6)8-7/h3,5,7H,1-2H3,(H,8,9);7H,2-3H2,1H3. The third-order valence-corrected chi connectivity index (χ3v) is 1.63. The predicted octanol–water partition coefficient (Wildman–Crippen LogP) is 1.37. The first-order chi connectivity index (χ1) is 7.76. The summed E-state index contributed by atoms with van der Waals surface area (Å²) in [7, 11) is 0. The maximum Gasteiger partial charge on any atom is 0.368 e. The number of hydrogen-bond acceptors (Lipinski definition) is 5. The lowest BCUT2D eigenvalue weighted by Gasteiger charge is -1.95. The Bertz CT molecular complexity index is 289. The smallest absolute Gasteiger partial charge is 0.368 e. The number of aliphatic hydroxyl groups excluding tert-OH is 1. The Morgan fingerprint density at radius 1 is 1.47 bits per heavy atom. The second-order valence-electron chi connectivity index (χ2n) is 3.23. The molecular weight excluding hydrogens is 228 g/mol. The first-order valence-electron chi connectivity index (χ1n) is 4.89. The van der Waals surface area contributed by atoms with Crippen molar-refractivity contribution in [1.82, 2.24) is 0 Å². The van der Waals surface area contributed by atoms with Crippen molar-refractivity contribution in [2.45, 2.75) is 33.3 Å². The van der Waals surface area contributed by atoms with Crippen LogP contribution in [0.4, 0.5) is 0 Å². The van der Waals surface area contributed by atoms with Crippen LogP contribution in [0.2, 0.25) is 0 Å². The van der Waals surface area contributed by atoms with E-state index in [9.17, 15) is 9.59 Å². The molecule has 0 aliphatic rings. The number of aliphatic hydroxyl groups is 1. The molecule has 0 aromatic rings. The Balaban J connectivity index is 0. The van der Waals surface area contributed by atoms with Crippen molar-refractivity contribution >= 4 is 11.9 Å². The van der Waals surface area contributed by atoms with E-state index in [2.05, 4.69) is 11.5 Å². The fourth-order valence-corrected chi connectivity index (χ4v) is 0.642. The molecule has 0 fully saturated rings. The number of hydrogen-bond donors (Lipinski definition) is 3. The van der Waals surface area contributed by atoms with E-state index in [1.54, 1.807) is 6.92 Å². The minimum atomic E-state index is -0.990. The van der Waals surface area contributed by atoms with E-state index in [0.717, 1.165) is 0 Å². The average molecular weight is 246 g/mol. The van der Waals surface area contributed by atoms with Crippen LogP contribution in [0.1, 0.15) is 27.2 Å². The number of carboxylic acids is 1. The van der Waals surface area contributed by atoms with Crippen LogP contribution in [-0.2, 0) is 14.5 Å². The number of aliphatic carboxylic acids is 1. The molecule has 6 nitrogen and oxygen atoms in total. The lowest BCUT2D eigenvalue weighted by atomic mass is 10.2. The van der Waals surface area contributed by atoms with Gasteiger partial charge in [0, 0.05) is 11.1 Å². The molecule has 0 spiro atoms. The van der Waals surface area contributed by atoms with Crippen molar-refractivity contribution in [2.24, 2.45) is 0 Å². The molecule has 17 heavy (non-hydrogen) atoms. The van der Waals surface area contributed by atoms with Gasteiger partial charge in [0.15, 0.2) is 0 Å². The van der Waals surface area contributed by atoms with E-state index < -0.39 is 18.0 Å². The van der Waals surface area contributed by atoms with Gasteiger partial charge in [-0.1, -0.05) is 13.5 Å². The zero-order valence-corrected chi connectivity index (χ0v) is 10.1. The molecule has 1 unspecified atom stereocenters. The minimum absolute atomic E-state index is 0.171. The van der Waals surface area contributed by atoms with Gasteiger partial charge in [-0.15, -0.1) is 0 Å². The van der Waals surface area contributed by atoms with Crippen LogP contribution in [0.25, 0.3) is 0 Å². The molecule has 0 aromatic heterocycles. The van der Waals surface area contributed by atoms with Crippen molar-refractivity contribution in [2.75, 3.05) is 0 Å². The van der Waals surface area contributed by atoms with E-state index in [1.165, 1.54) is 19.9 Å². The van der Waals surface area contributed by atoms with E-state index >= 15 is 0 Å². The monoisotopic (exact) mass is 246 g/mol. The first kappa shape index (κ1) is 17.7. The van der Waals surface area contributed by atoms with Crippen LogP contribution in [0, 0.1) is 0 Å². The number of rotatable bonds is 4. The van der Waals surface area contributed by atoms with Gasteiger partial charge in [-0.05, 0) is 26.3 Å². The summed E-state index contributed by atoms with van der Waals surface area (Å²) in [6.45, 7) is 8.00. The van der Waals surface area contributed by atoms with Crippen molar-refractivity contribution in [3.63, 3.8) is 0 Å². The van der Waals surface area contributed by atoms with Gasteiger partial charge in [0.05, 0.1) is 6.10 Å². The predicted molar refractivity (Wildman–Crippen MR) is 61.2 cm³/mol. The number of carboxylic acid groups (broad SMARTS) is 1. The molecule has 0 aromatic carbocycles. The lowest BCUT2D eigenvalue weighted by Crippen LogP contribution is -2.02. The van der Waals surface area contributed by atoms with Crippen LogP contribution in [0.15, 0.2) is 23.8 Å². The summed E-state index contributed by atoms with van der Waals surface area (Å²) in [4.78, 5) is 23.6. The fraction of sp³-hybridized carbons (Fsp3) is 0.455. The van der Waals surface area contributed by atoms with E-state index in [-0.39, 0.29) is 11.1 Å². The van der Waals surface area contributed by atoms with Crippen molar-refractivity contribution in [1.29, 1.82) is 0 Å². The Morgan fingerprint density at radius 2 is 1.94 bits per heavy atom. The van der Waals surface area contributed by atoms with Crippen LogP contribution >= 0.6 is 0 Å². The molecule has 0 saturated heterocycles. The number of carbonyl (C=O) groups excluding carboxylic acids is 1. The molecule has 0 amide bonds. The van der Waals surface area contributed by atoms with Gasteiger partial charge in [-0.2, -0.15) is 5.26 Å². The lowest BCUT2D eigenvalue weighted by molar-refractivity contribution is -0.229. The van der Waals surface area contributed by atoms with Crippen molar-refractivity contribution in [3.8, 4) is 0 Å². The minimum Gasteiger partial charge on any atom is -0.478 e. The van der Waals surface area contributed by atoms with Gasteiger partial charge in [0.25, 0.3) is 0 Å². The average Bonchev–Trinajstić information content (AvgIpc) is 2.26. The highest BCUT2D eigenvalue weighted by Gasteiger charge is 2.03. The quantitative estimate of drug-likeness (QED) is 0.393. The maximum absolute atomic E-state index is 10.2. The third-order valence-electron chi connectivity index (χ3n) is 1.63. The molecular formula is C11H18O6. The maximum atomic E-state index is 10.2. The van der Waals surface area contributed by atoms with Crippen LogP contribution < -0.4 is 0 Å². The Kier molecular flexibility index (Phi) is 9.97. The van der Waals surface area contributed by atoms with Crippen LogP contribution in [0.3, 0.4) is 0 Å². The molecule has 0 rings (SSSR count). The van der Waals surface area contributed by atoms with Gasteiger partial charge < -0.3 is 10.2 Å². The van der Waals surface area contributed by atoms with Gasteiger partial charge in [-0.25, -0.2) is 9.59 Å². The highest BCUT2D eigenvalue weighted by molar-refractivity contribution is 5.87. The molecule has 3 N–H and O–H groups in total. The van der Waals surface area contributed by atoms with Gasteiger partial charge >= 0.3 is 11.9 Å². The van der Waals surface area contributed by atoms with Gasteiger partial charge in [-0.3, -0.25) is 4.89 Å². The second kappa shape index (κ2) is 9.56. The molecule has 0 bridgehead atoms. The first-order valence-corrected chi connectivity index (χ1v) is 4.89. The summed E-state index contributed by atoms with van der Waals surface area (Å²) in [5.74, 6) is -1.75. The van der Waals surface area contributed by atoms with Crippen LogP contribution in [-0.4, -0.2) is 33.5 Å². The van der Waals surface area contributed by atoms with Crippen molar-refractivity contribution in [3.05, 3.63) is 23.8 Å². The number of carbonyl (C=O) groups is 2. The van der Waals surface area contributed by atoms with E-state index in [1.807, 2.05) is 0 Å². The van der Waals surface area contributed by atoms with E-state index in [0.29, 0.717) is 6.42 Å². The normalized spacial score (nSPS) is 11.9. The summed E-state index contributed by atoms with van der Waals surface area (Å²) >= 11 is 0. The third kappa shape index (κ3) is 10.6. The SMILES string of the molecule is C=C(CC)C(=O)OO.CC(=CC(C)O)C(=O)O. The Hall–Kier alpha value is -1.66. The summed E-state index contributed by atoms with van der Waals surface area (Å²) in [5, 5.41) is 24.6. The molecule has 0 aliphatic heterocycles. The zero-order chi connectivity index (χ0) is 14.0. The molecule has 1 atom stereocenters. The van der Waals surface area contributed by atoms with E-state index in [4.69, 9.17) is 15.5 Å². The summed E-state index contributed by atoms with van der Waals surface area (Å²) in [6, 6.07) is 0. The summed E-state index contributed by atoms with van der Waals surface area (Å²) < 4.78 is 0. The molecule has 98 valence electrons. The second-order valence-corrected chi connectivity index (χ2v) is 3.23. The van der Waals surface area contributed by atoms with Gasteiger partial charge in [0.2, 0.25) is 0 Å². The largest absolute Gasteiger partial charge is 0.478 e. The molecule has 0 saturated carbocycles. The molecule has 0 heterocycles.